The molecule has 0 aliphatic heterocycles. The highest BCUT2D eigenvalue weighted by atomic mass is 16.1. The number of amides is 1. The zero-order valence-electron chi connectivity index (χ0n) is 12.5. The van der Waals surface area contributed by atoms with Crippen molar-refractivity contribution in [3.05, 3.63) is 12.7 Å². The molecule has 0 aliphatic carbocycles. The van der Waals surface area contributed by atoms with Crippen LogP contribution in [0.25, 0.3) is 0 Å². The van der Waals surface area contributed by atoms with Crippen LogP contribution >= 0.6 is 0 Å². The van der Waals surface area contributed by atoms with Gasteiger partial charge in [-0.05, 0) is 40.0 Å². The minimum absolute atomic E-state index is 0.200. The monoisotopic (exact) mass is 255 g/mol. The molecule has 0 saturated heterocycles. The molecule has 106 valence electrons. The van der Waals surface area contributed by atoms with Crippen LogP contribution in [0.1, 0.15) is 52.9 Å². The van der Waals surface area contributed by atoms with Gasteiger partial charge in [0.1, 0.15) is 0 Å². The van der Waals surface area contributed by atoms with E-state index in [0.717, 1.165) is 56.5 Å². The number of rotatable bonds is 11. The number of hydrogen-bond acceptors (Lipinski definition) is 1. The maximum atomic E-state index is 11.7. The SMILES string of the molecule is C=CCCCCCC(=O)NC[N+](CC)(CC)CC. The van der Waals surface area contributed by atoms with Gasteiger partial charge in [0, 0.05) is 6.42 Å². The van der Waals surface area contributed by atoms with E-state index < -0.39 is 0 Å². The standard InChI is InChI=1S/C15H30N2O/c1-5-9-10-11-12-13-15(18)16-14-17(6-2,7-3)8-4/h5H,1,6-14H2,2-4H3/p+1. The fraction of sp³-hybridized carbons (Fsp3) is 0.800. The molecule has 0 aromatic rings. The minimum atomic E-state index is 0.200. The second-order valence-corrected chi connectivity index (χ2v) is 4.94. The summed E-state index contributed by atoms with van der Waals surface area (Å²) in [5, 5.41) is 3.08. The van der Waals surface area contributed by atoms with Crippen molar-refractivity contribution in [1.82, 2.24) is 5.32 Å². The van der Waals surface area contributed by atoms with Crippen molar-refractivity contribution in [2.45, 2.75) is 52.9 Å². The summed E-state index contributed by atoms with van der Waals surface area (Å²) in [5.74, 6) is 0.200. The number of unbranched alkanes of at least 4 members (excludes halogenated alkanes) is 3. The second kappa shape index (κ2) is 10.1. The van der Waals surface area contributed by atoms with Crippen LogP contribution in [0.5, 0.6) is 0 Å². The summed E-state index contributed by atoms with van der Waals surface area (Å²) in [6, 6.07) is 0. The average Bonchev–Trinajstić information content (AvgIpc) is 2.41. The van der Waals surface area contributed by atoms with Crippen LogP contribution in [0.2, 0.25) is 0 Å². The molecule has 1 amide bonds. The summed E-state index contributed by atoms with van der Waals surface area (Å²) in [4.78, 5) is 11.7. The lowest BCUT2D eigenvalue weighted by molar-refractivity contribution is -0.924. The quantitative estimate of drug-likeness (QED) is 0.261. The van der Waals surface area contributed by atoms with Crippen molar-refractivity contribution in [2.24, 2.45) is 0 Å². The molecule has 3 nitrogen and oxygen atoms in total. The Morgan fingerprint density at radius 1 is 1.11 bits per heavy atom. The Kier molecular flexibility index (Phi) is 9.66. The van der Waals surface area contributed by atoms with Gasteiger partial charge in [0.05, 0.1) is 19.6 Å². The Hall–Kier alpha value is -0.830. The Bertz CT molecular complexity index is 226. The molecule has 0 heterocycles. The van der Waals surface area contributed by atoms with E-state index in [1.54, 1.807) is 0 Å². The molecule has 0 saturated carbocycles. The molecule has 0 aromatic carbocycles. The Labute approximate surface area is 113 Å². The molecular weight excluding hydrogens is 224 g/mol. The lowest BCUT2D eigenvalue weighted by atomic mass is 10.1. The van der Waals surface area contributed by atoms with Crippen LogP contribution in [0.15, 0.2) is 12.7 Å². The molecule has 0 rings (SSSR count). The molecule has 0 bridgehead atoms. The largest absolute Gasteiger partial charge is 0.309 e. The number of hydrogen-bond donors (Lipinski definition) is 1. The lowest BCUT2D eigenvalue weighted by Gasteiger charge is -2.35. The number of nitrogens with one attached hydrogen (secondary N) is 1. The number of carbonyl (C=O) groups excluding carboxylic acids is 1. The first-order chi connectivity index (χ1) is 8.64. The highest BCUT2D eigenvalue weighted by Gasteiger charge is 2.20. The minimum Gasteiger partial charge on any atom is -0.309 e. The molecule has 3 heteroatoms. The highest BCUT2D eigenvalue weighted by Crippen LogP contribution is 2.05. The molecule has 0 unspecified atom stereocenters. The Morgan fingerprint density at radius 3 is 2.22 bits per heavy atom. The summed E-state index contributed by atoms with van der Waals surface area (Å²) in [5.41, 5.74) is 0. The van der Waals surface area contributed by atoms with Gasteiger partial charge in [-0.15, -0.1) is 6.58 Å². The average molecular weight is 255 g/mol. The maximum Gasteiger partial charge on any atom is 0.224 e. The van der Waals surface area contributed by atoms with E-state index in [1.807, 2.05) is 6.08 Å². The lowest BCUT2D eigenvalue weighted by Crippen LogP contribution is -2.54. The van der Waals surface area contributed by atoms with E-state index in [-0.39, 0.29) is 5.91 Å². The van der Waals surface area contributed by atoms with Gasteiger partial charge in [-0.3, -0.25) is 4.79 Å². The van der Waals surface area contributed by atoms with Gasteiger partial charge in [-0.25, -0.2) is 0 Å². The summed E-state index contributed by atoms with van der Waals surface area (Å²) >= 11 is 0. The molecule has 0 aliphatic rings. The van der Waals surface area contributed by atoms with Gasteiger partial charge < -0.3 is 9.80 Å². The van der Waals surface area contributed by atoms with Crippen LogP contribution in [0.3, 0.4) is 0 Å². The van der Waals surface area contributed by atoms with Gasteiger partial charge in [0.2, 0.25) is 5.91 Å². The van der Waals surface area contributed by atoms with Crippen LogP contribution in [-0.4, -0.2) is 36.7 Å². The molecule has 0 radical (unpaired) electrons. The van der Waals surface area contributed by atoms with Crippen LogP contribution in [-0.2, 0) is 4.79 Å². The molecule has 1 N–H and O–H groups in total. The topological polar surface area (TPSA) is 29.1 Å². The Balaban J connectivity index is 3.77. The van der Waals surface area contributed by atoms with E-state index in [1.165, 1.54) is 0 Å². The van der Waals surface area contributed by atoms with Gasteiger partial charge >= 0.3 is 0 Å². The summed E-state index contributed by atoms with van der Waals surface area (Å²) in [6.45, 7) is 14.3. The predicted octanol–water partition coefficient (Wildman–Crippen LogP) is 3.07. The highest BCUT2D eigenvalue weighted by molar-refractivity contribution is 5.75. The first-order valence-corrected chi connectivity index (χ1v) is 7.36. The third kappa shape index (κ3) is 6.80. The smallest absolute Gasteiger partial charge is 0.224 e. The number of allylic oxidation sites excluding steroid dienone is 1. The summed E-state index contributed by atoms with van der Waals surface area (Å²) in [7, 11) is 0. The van der Waals surface area contributed by atoms with Gasteiger partial charge in [0.15, 0.2) is 6.67 Å². The van der Waals surface area contributed by atoms with Crippen molar-refractivity contribution >= 4 is 5.91 Å². The molecule has 0 spiro atoms. The first kappa shape index (κ1) is 17.2. The van der Waals surface area contributed by atoms with Crippen molar-refractivity contribution in [1.29, 1.82) is 0 Å². The second-order valence-electron chi connectivity index (χ2n) is 4.94. The normalized spacial score (nSPS) is 11.3. The third-order valence-corrected chi connectivity index (χ3v) is 3.94. The van der Waals surface area contributed by atoms with Crippen molar-refractivity contribution in [3.63, 3.8) is 0 Å². The Morgan fingerprint density at radius 2 is 1.72 bits per heavy atom. The zero-order chi connectivity index (χ0) is 13.9. The van der Waals surface area contributed by atoms with E-state index in [4.69, 9.17) is 0 Å². The molecule has 0 aromatic heterocycles. The van der Waals surface area contributed by atoms with Gasteiger partial charge in [0.25, 0.3) is 0 Å². The maximum absolute atomic E-state index is 11.7. The molecule has 18 heavy (non-hydrogen) atoms. The van der Waals surface area contributed by atoms with Crippen LogP contribution < -0.4 is 5.32 Å². The van der Waals surface area contributed by atoms with Crippen molar-refractivity contribution in [3.8, 4) is 0 Å². The fourth-order valence-electron chi connectivity index (χ4n) is 2.10. The summed E-state index contributed by atoms with van der Waals surface area (Å²) < 4.78 is 0.974. The van der Waals surface area contributed by atoms with Crippen molar-refractivity contribution in [2.75, 3.05) is 26.3 Å². The van der Waals surface area contributed by atoms with Crippen LogP contribution in [0.4, 0.5) is 0 Å². The van der Waals surface area contributed by atoms with E-state index in [9.17, 15) is 4.79 Å². The molecule has 0 fully saturated rings. The summed E-state index contributed by atoms with van der Waals surface area (Å²) in [6.07, 6.45) is 6.92. The van der Waals surface area contributed by atoms with Gasteiger partial charge in [-0.2, -0.15) is 0 Å². The fourth-order valence-corrected chi connectivity index (χ4v) is 2.10. The third-order valence-electron chi connectivity index (χ3n) is 3.94. The number of nitrogens with zero attached hydrogens (tertiary/aromatic N) is 1. The number of quaternary nitrogens is 1. The first-order valence-electron chi connectivity index (χ1n) is 7.36. The van der Waals surface area contributed by atoms with Gasteiger partial charge in [-0.1, -0.05) is 12.5 Å². The molecular formula is C15H31N2O+. The van der Waals surface area contributed by atoms with E-state index >= 15 is 0 Å². The van der Waals surface area contributed by atoms with Crippen molar-refractivity contribution < 1.29 is 9.28 Å². The molecule has 0 atom stereocenters. The van der Waals surface area contributed by atoms with E-state index in [2.05, 4.69) is 32.7 Å². The predicted molar refractivity (Wildman–Crippen MR) is 78.2 cm³/mol. The van der Waals surface area contributed by atoms with Crippen LogP contribution in [0, 0.1) is 0 Å². The number of carbonyl (C=O) groups is 1. The van der Waals surface area contributed by atoms with E-state index in [0.29, 0.717) is 6.42 Å². The zero-order valence-corrected chi connectivity index (χ0v) is 12.5.